The molecular weight excluding hydrogens is 326 g/mol. The van der Waals surface area contributed by atoms with Crippen molar-refractivity contribution < 1.29 is 14.6 Å². The molecule has 26 heavy (non-hydrogen) atoms. The second-order valence-electron chi connectivity index (χ2n) is 6.32. The van der Waals surface area contributed by atoms with Crippen LogP contribution >= 0.6 is 0 Å². The molecule has 2 unspecified atom stereocenters. The zero-order valence-corrected chi connectivity index (χ0v) is 16.3. The lowest BCUT2D eigenvalue weighted by Gasteiger charge is -2.31. The maximum absolute atomic E-state index is 10.0. The van der Waals surface area contributed by atoms with E-state index in [9.17, 15) is 5.11 Å². The number of para-hydroxylation sites is 1. The second-order valence-corrected chi connectivity index (χ2v) is 6.32. The minimum Gasteiger partial charge on any atom is -0.507 e. The minimum absolute atomic E-state index is 0.217. The van der Waals surface area contributed by atoms with Crippen LogP contribution in [0.2, 0.25) is 0 Å². The normalized spacial score (nSPS) is 19.0. The van der Waals surface area contributed by atoms with E-state index in [4.69, 9.17) is 9.47 Å². The van der Waals surface area contributed by atoms with Gasteiger partial charge in [-0.2, -0.15) is 0 Å². The highest BCUT2D eigenvalue weighted by atomic mass is 16.5. The van der Waals surface area contributed by atoms with Crippen LogP contribution in [0.5, 0.6) is 11.5 Å². The predicted molar refractivity (Wildman–Crippen MR) is 107 cm³/mol. The van der Waals surface area contributed by atoms with Gasteiger partial charge in [-0.15, -0.1) is 0 Å². The Kier molecular flexibility index (Phi) is 7.79. The van der Waals surface area contributed by atoms with Crippen LogP contribution in [-0.2, 0) is 11.3 Å². The summed E-state index contributed by atoms with van der Waals surface area (Å²) in [6.07, 6.45) is 2.27. The summed E-state index contributed by atoms with van der Waals surface area (Å²) in [5, 5.41) is 10.0. The number of phenols is 1. The zero-order valence-electron chi connectivity index (χ0n) is 16.3. The van der Waals surface area contributed by atoms with E-state index in [1.54, 1.807) is 19.2 Å². The molecule has 0 bridgehead atoms. The average molecular weight is 357 g/mol. The molecule has 1 heterocycles. The van der Waals surface area contributed by atoms with Crippen LogP contribution in [0.25, 0.3) is 0 Å². The molecule has 2 atom stereocenters. The fraction of sp³-hybridized carbons (Fsp3) is 0.455. The Morgan fingerprint density at radius 1 is 1.04 bits per heavy atom. The van der Waals surface area contributed by atoms with Gasteiger partial charge in [0.25, 0.3) is 0 Å². The Morgan fingerprint density at radius 3 is 2.46 bits per heavy atom. The van der Waals surface area contributed by atoms with Crippen molar-refractivity contribution in [3.8, 4) is 11.5 Å². The fourth-order valence-corrected chi connectivity index (χ4v) is 3.47. The van der Waals surface area contributed by atoms with Crippen molar-refractivity contribution in [2.75, 3.05) is 18.6 Å². The topological polar surface area (TPSA) is 41.9 Å². The van der Waals surface area contributed by atoms with Gasteiger partial charge in [0.05, 0.1) is 18.2 Å². The summed E-state index contributed by atoms with van der Waals surface area (Å²) in [4.78, 5) is 2.44. The Hall–Kier alpha value is -2.20. The Bertz CT molecular complexity index is 660. The van der Waals surface area contributed by atoms with Crippen molar-refractivity contribution in [1.82, 2.24) is 0 Å². The van der Waals surface area contributed by atoms with Gasteiger partial charge >= 0.3 is 0 Å². The highest BCUT2D eigenvalue weighted by Crippen LogP contribution is 2.32. The molecule has 0 saturated carbocycles. The maximum Gasteiger partial charge on any atom is 0.128 e. The van der Waals surface area contributed by atoms with E-state index in [1.807, 2.05) is 26.0 Å². The Labute approximate surface area is 157 Å². The summed E-state index contributed by atoms with van der Waals surface area (Å²) in [5.74, 6) is 0.915. The number of hydrogen-bond acceptors (Lipinski definition) is 4. The van der Waals surface area contributed by atoms with Crippen molar-refractivity contribution in [2.24, 2.45) is 0 Å². The molecule has 1 aliphatic rings. The monoisotopic (exact) mass is 357 g/mol. The number of anilines is 1. The highest BCUT2D eigenvalue weighted by molar-refractivity contribution is 5.49. The van der Waals surface area contributed by atoms with E-state index in [-0.39, 0.29) is 5.75 Å². The summed E-state index contributed by atoms with van der Waals surface area (Å²) < 4.78 is 11.3. The third kappa shape index (κ3) is 4.70. The number of hydrogen-bond donors (Lipinski definition) is 1. The molecular formula is C22H31NO3. The molecule has 1 aliphatic heterocycles. The zero-order chi connectivity index (χ0) is 18.9. The lowest BCUT2D eigenvalue weighted by molar-refractivity contribution is 0.175. The molecule has 0 amide bonds. The van der Waals surface area contributed by atoms with E-state index in [0.29, 0.717) is 36.6 Å². The van der Waals surface area contributed by atoms with E-state index >= 15 is 0 Å². The SMILES string of the molecule is CC.COCc1c(O)cccc1OCC1CCC(C)N1c1ccccc1. The minimum atomic E-state index is 0.217. The van der Waals surface area contributed by atoms with Gasteiger partial charge < -0.3 is 19.5 Å². The van der Waals surface area contributed by atoms with Crippen LogP contribution in [0.15, 0.2) is 48.5 Å². The Balaban J connectivity index is 0.00000117. The van der Waals surface area contributed by atoms with E-state index in [2.05, 4.69) is 36.1 Å². The molecule has 1 saturated heterocycles. The number of benzene rings is 2. The summed E-state index contributed by atoms with van der Waals surface area (Å²) in [6, 6.07) is 16.7. The largest absolute Gasteiger partial charge is 0.507 e. The molecule has 2 aromatic rings. The third-order valence-corrected chi connectivity index (χ3v) is 4.67. The molecule has 142 valence electrons. The van der Waals surface area contributed by atoms with Crippen LogP contribution < -0.4 is 9.64 Å². The second kappa shape index (κ2) is 10.1. The number of ether oxygens (including phenoxy) is 2. The molecule has 0 spiro atoms. The first-order chi connectivity index (χ1) is 12.7. The standard InChI is InChI=1S/C20H25NO3.C2H6/c1-15-11-12-17(21(15)16-7-4-3-5-8-16)13-24-20-10-6-9-19(22)18(20)14-23-2;1-2/h3-10,15,17,22H,11-14H2,1-2H3;1-2H3. The van der Waals surface area contributed by atoms with E-state index in [0.717, 1.165) is 12.8 Å². The van der Waals surface area contributed by atoms with Gasteiger partial charge in [0.1, 0.15) is 18.1 Å². The molecule has 4 heteroatoms. The number of phenolic OH excluding ortho intramolecular Hbond substituents is 1. The van der Waals surface area contributed by atoms with Gasteiger partial charge in [-0.1, -0.05) is 38.1 Å². The summed E-state index contributed by atoms with van der Waals surface area (Å²) >= 11 is 0. The lowest BCUT2D eigenvalue weighted by Crippen LogP contribution is -2.38. The first kappa shape index (κ1) is 20.1. The predicted octanol–water partition coefficient (Wildman–Crippen LogP) is 5.00. The average Bonchev–Trinajstić information content (AvgIpc) is 3.05. The molecule has 0 aliphatic carbocycles. The van der Waals surface area contributed by atoms with Gasteiger partial charge in [0, 0.05) is 18.8 Å². The molecule has 4 nitrogen and oxygen atoms in total. The van der Waals surface area contributed by atoms with E-state index in [1.165, 1.54) is 5.69 Å². The molecule has 1 N–H and O–H groups in total. The molecule has 1 fully saturated rings. The van der Waals surface area contributed by atoms with Gasteiger partial charge in [-0.25, -0.2) is 0 Å². The van der Waals surface area contributed by atoms with Gasteiger partial charge in [0.15, 0.2) is 0 Å². The summed E-state index contributed by atoms with van der Waals surface area (Å²) in [7, 11) is 1.62. The molecule has 3 rings (SSSR count). The molecule has 0 aromatic heterocycles. The van der Waals surface area contributed by atoms with Crippen molar-refractivity contribution in [2.45, 2.75) is 52.3 Å². The molecule has 2 aromatic carbocycles. The quantitative estimate of drug-likeness (QED) is 0.790. The van der Waals surface area contributed by atoms with Crippen molar-refractivity contribution in [3.63, 3.8) is 0 Å². The first-order valence-corrected chi connectivity index (χ1v) is 9.46. The summed E-state index contributed by atoms with van der Waals surface area (Å²) in [6.45, 7) is 7.20. The lowest BCUT2D eigenvalue weighted by atomic mass is 10.2. The van der Waals surface area contributed by atoms with Gasteiger partial charge in [-0.3, -0.25) is 0 Å². The van der Waals surface area contributed by atoms with E-state index < -0.39 is 0 Å². The highest BCUT2D eigenvalue weighted by Gasteiger charge is 2.31. The van der Waals surface area contributed by atoms with Crippen molar-refractivity contribution in [3.05, 3.63) is 54.1 Å². The summed E-state index contributed by atoms with van der Waals surface area (Å²) in [5.41, 5.74) is 1.95. The van der Waals surface area contributed by atoms with Gasteiger partial charge in [-0.05, 0) is 44.0 Å². The van der Waals surface area contributed by atoms with Crippen LogP contribution in [0.3, 0.4) is 0 Å². The first-order valence-electron chi connectivity index (χ1n) is 9.46. The fourth-order valence-electron chi connectivity index (χ4n) is 3.47. The number of rotatable bonds is 6. The van der Waals surface area contributed by atoms with Crippen molar-refractivity contribution >= 4 is 5.69 Å². The van der Waals surface area contributed by atoms with Crippen LogP contribution in [-0.4, -0.2) is 30.9 Å². The van der Waals surface area contributed by atoms with Crippen LogP contribution in [0.1, 0.15) is 39.2 Å². The third-order valence-electron chi connectivity index (χ3n) is 4.67. The number of methoxy groups -OCH3 is 1. The Morgan fingerprint density at radius 2 is 1.77 bits per heavy atom. The number of aromatic hydroxyl groups is 1. The van der Waals surface area contributed by atoms with Crippen LogP contribution in [0.4, 0.5) is 5.69 Å². The van der Waals surface area contributed by atoms with Crippen molar-refractivity contribution in [1.29, 1.82) is 0 Å². The number of nitrogens with zero attached hydrogens (tertiary/aromatic N) is 1. The molecule has 0 radical (unpaired) electrons. The smallest absolute Gasteiger partial charge is 0.128 e. The van der Waals surface area contributed by atoms with Gasteiger partial charge in [0.2, 0.25) is 0 Å². The van der Waals surface area contributed by atoms with Crippen LogP contribution in [0, 0.1) is 0 Å². The maximum atomic E-state index is 10.0.